The van der Waals surface area contributed by atoms with E-state index in [-0.39, 0.29) is 11.6 Å². The van der Waals surface area contributed by atoms with E-state index < -0.39 is 4.92 Å². The highest BCUT2D eigenvalue weighted by atomic mass is 35.5. The van der Waals surface area contributed by atoms with Crippen molar-refractivity contribution in [1.29, 1.82) is 0 Å². The number of carbonyl (C=O) groups excluding carboxylic acids is 1. The van der Waals surface area contributed by atoms with E-state index in [0.29, 0.717) is 12.1 Å². The van der Waals surface area contributed by atoms with Crippen molar-refractivity contribution < 1.29 is 9.72 Å². The molecule has 2 aromatic carbocycles. The van der Waals surface area contributed by atoms with E-state index in [9.17, 15) is 14.9 Å². The number of hydrogen-bond donors (Lipinski definition) is 1. The Morgan fingerprint density at radius 1 is 1.24 bits per heavy atom. The van der Waals surface area contributed by atoms with Gasteiger partial charge in [0.2, 0.25) is 5.91 Å². The second-order valence-electron chi connectivity index (χ2n) is 5.16. The van der Waals surface area contributed by atoms with Crippen LogP contribution in [0.3, 0.4) is 0 Å². The van der Waals surface area contributed by atoms with Gasteiger partial charge in [-0.15, -0.1) is 0 Å². The normalized spacial score (nSPS) is 10.8. The van der Waals surface area contributed by atoms with E-state index in [1.807, 2.05) is 24.3 Å². The maximum Gasteiger partial charge on any atom is 0.270 e. The predicted molar refractivity (Wildman–Crippen MR) is 103 cm³/mol. The fourth-order valence-electron chi connectivity index (χ4n) is 2.04. The molecule has 130 valence electrons. The maximum atomic E-state index is 11.8. The largest absolute Gasteiger partial charge is 0.352 e. The summed E-state index contributed by atoms with van der Waals surface area (Å²) < 4.78 is 0. The highest BCUT2D eigenvalue weighted by molar-refractivity contribution is 7.98. The van der Waals surface area contributed by atoms with Crippen molar-refractivity contribution in [1.82, 2.24) is 5.32 Å². The van der Waals surface area contributed by atoms with Gasteiger partial charge in [0.05, 0.1) is 4.92 Å². The minimum atomic E-state index is -0.464. The van der Waals surface area contributed by atoms with Gasteiger partial charge in [-0.05, 0) is 29.3 Å². The van der Waals surface area contributed by atoms with Crippen LogP contribution in [-0.4, -0.2) is 23.1 Å². The van der Waals surface area contributed by atoms with Gasteiger partial charge in [-0.1, -0.05) is 35.9 Å². The second kappa shape index (κ2) is 9.86. The van der Waals surface area contributed by atoms with E-state index in [0.717, 1.165) is 22.1 Å². The lowest BCUT2D eigenvalue weighted by Crippen LogP contribution is -2.23. The molecule has 0 heterocycles. The van der Waals surface area contributed by atoms with Gasteiger partial charge < -0.3 is 5.32 Å². The maximum absolute atomic E-state index is 11.8. The van der Waals surface area contributed by atoms with E-state index in [1.165, 1.54) is 18.2 Å². The van der Waals surface area contributed by atoms with Gasteiger partial charge >= 0.3 is 0 Å². The third-order valence-corrected chi connectivity index (χ3v) is 4.48. The number of nitrogens with one attached hydrogen (secondary N) is 1. The number of nitro benzene ring substituents is 1. The molecule has 0 fully saturated rings. The van der Waals surface area contributed by atoms with Crippen LogP contribution >= 0.6 is 23.4 Å². The summed E-state index contributed by atoms with van der Waals surface area (Å²) in [5, 5.41) is 14.2. The molecular formula is C18H17ClN2O3S. The number of rotatable bonds is 8. The van der Waals surface area contributed by atoms with Crippen molar-refractivity contribution in [3.8, 4) is 0 Å². The van der Waals surface area contributed by atoms with Gasteiger partial charge in [-0.3, -0.25) is 14.9 Å². The second-order valence-corrected chi connectivity index (χ2v) is 6.70. The smallest absolute Gasteiger partial charge is 0.270 e. The molecule has 0 bridgehead atoms. The molecule has 5 nitrogen and oxygen atoms in total. The third kappa shape index (κ3) is 6.99. The van der Waals surface area contributed by atoms with Crippen LogP contribution in [0.1, 0.15) is 11.1 Å². The molecule has 0 atom stereocenters. The van der Waals surface area contributed by atoms with E-state index >= 15 is 0 Å². The van der Waals surface area contributed by atoms with E-state index in [4.69, 9.17) is 11.6 Å². The van der Waals surface area contributed by atoms with Crippen LogP contribution in [0.15, 0.2) is 54.6 Å². The van der Waals surface area contributed by atoms with E-state index in [2.05, 4.69) is 5.32 Å². The Balaban J connectivity index is 1.70. The number of nitrogens with zero attached hydrogens (tertiary/aromatic N) is 1. The molecular weight excluding hydrogens is 360 g/mol. The first kappa shape index (κ1) is 19.0. The monoisotopic (exact) mass is 376 g/mol. The van der Waals surface area contributed by atoms with Crippen molar-refractivity contribution in [3.05, 3.63) is 80.9 Å². The van der Waals surface area contributed by atoms with Crippen molar-refractivity contribution in [2.24, 2.45) is 0 Å². The summed E-state index contributed by atoms with van der Waals surface area (Å²) in [6.45, 7) is 0.545. The molecule has 0 aliphatic heterocycles. The quantitative estimate of drug-likeness (QED) is 0.322. The molecule has 0 aliphatic rings. The molecule has 25 heavy (non-hydrogen) atoms. The SMILES string of the molecule is O=C(/C=C/c1cccc([N+](=O)[O-])c1)NCCSCc1cccc(Cl)c1. The van der Waals surface area contributed by atoms with Crippen LogP contribution < -0.4 is 5.32 Å². The number of carbonyl (C=O) groups is 1. The van der Waals surface area contributed by atoms with Crippen LogP contribution in [0.5, 0.6) is 0 Å². The number of hydrogen-bond acceptors (Lipinski definition) is 4. The summed E-state index contributed by atoms with van der Waals surface area (Å²) >= 11 is 7.63. The van der Waals surface area contributed by atoms with Crippen molar-refractivity contribution in [2.75, 3.05) is 12.3 Å². The van der Waals surface area contributed by atoms with Gasteiger partial charge in [0, 0.05) is 41.3 Å². The lowest BCUT2D eigenvalue weighted by Gasteiger charge is -2.03. The first-order chi connectivity index (χ1) is 12.0. The van der Waals surface area contributed by atoms with Gasteiger partial charge in [-0.2, -0.15) is 11.8 Å². The number of halogens is 1. The Morgan fingerprint density at radius 3 is 2.80 bits per heavy atom. The molecule has 0 aliphatic carbocycles. The Morgan fingerprint density at radius 2 is 2.04 bits per heavy atom. The molecule has 0 radical (unpaired) electrons. The molecule has 0 saturated carbocycles. The molecule has 2 aromatic rings. The zero-order valence-corrected chi connectivity index (χ0v) is 14.9. The molecule has 0 saturated heterocycles. The van der Waals surface area contributed by atoms with Crippen LogP contribution in [0, 0.1) is 10.1 Å². The Hall–Kier alpha value is -2.31. The average Bonchev–Trinajstić information content (AvgIpc) is 2.60. The molecule has 1 amide bonds. The number of thioether (sulfide) groups is 1. The highest BCUT2D eigenvalue weighted by Gasteiger charge is 2.04. The molecule has 2 rings (SSSR count). The lowest BCUT2D eigenvalue weighted by molar-refractivity contribution is -0.384. The summed E-state index contributed by atoms with van der Waals surface area (Å²) in [4.78, 5) is 22.0. The number of benzene rings is 2. The molecule has 0 spiro atoms. The minimum Gasteiger partial charge on any atom is -0.352 e. The standard InChI is InChI=1S/C18H17ClN2O3S/c19-16-5-1-4-15(11-16)13-25-10-9-20-18(22)8-7-14-3-2-6-17(12-14)21(23)24/h1-8,11-12H,9-10,13H2,(H,20,22)/b8-7+. The van der Waals surface area contributed by atoms with Crippen LogP contribution in [0.2, 0.25) is 5.02 Å². The summed E-state index contributed by atoms with van der Waals surface area (Å²) in [5.41, 5.74) is 1.76. The summed E-state index contributed by atoms with van der Waals surface area (Å²) in [7, 11) is 0. The number of non-ortho nitro benzene ring substituents is 1. The first-order valence-electron chi connectivity index (χ1n) is 7.57. The third-order valence-electron chi connectivity index (χ3n) is 3.21. The Bertz CT molecular complexity index is 780. The van der Waals surface area contributed by atoms with E-state index in [1.54, 1.807) is 30.0 Å². The minimum absolute atomic E-state index is 0.0000245. The summed E-state index contributed by atoms with van der Waals surface area (Å²) in [6, 6.07) is 13.8. The number of nitro groups is 1. The molecule has 1 N–H and O–H groups in total. The fourth-order valence-corrected chi connectivity index (χ4v) is 3.05. The lowest BCUT2D eigenvalue weighted by atomic mass is 10.2. The molecule has 7 heteroatoms. The molecule has 0 unspecified atom stereocenters. The number of amides is 1. The highest BCUT2D eigenvalue weighted by Crippen LogP contribution is 2.16. The topological polar surface area (TPSA) is 72.2 Å². The Kier molecular flexibility index (Phi) is 7.50. The fraction of sp³-hybridized carbons (Fsp3) is 0.167. The van der Waals surface area contributed by atoms with Crippen molar-refractivity contribution >= 4 is 41.0 Å². The average molecular weight is 377 g/mol. The Labute approximate surface area is 155 Å². The van der Waals surface area contributed by atoms with Crippen molar-refractivity contribution in [2.45, 2.75) is 5.75 Å². The van der Waals surface area contributed by atoms with Gasteiger partial charge in [0.25, 0.3) is 5.69 Å². The van der Waals surface area contributed by atoms with Gasteiger partial charge in [0.1, 0.15) is 0 Å². The first-order valence-corrected chi connectivity index (χ1v) is 9.10. The van der Waals surface area contributed by atoms with Gasteiger partial charge in [-0.25, -0.2) is 0 Å². The molecule has 0 aromatic heterocycles. The van der Waals surface area contributed by atoms with Crippen molar-refractivity contribution in [3.63, 3.8) is 0 Å². The van der Waals surface area contributed by atoms with Crippen LogP contribution in [-0.2, 0) is 10.5 Å². The summed E-state index contributed by atoms with van der Waals surface area (Å²) in [6.07, 6.45) is 2.93. The van der Waals surface area contributed by atoms with Crippen LogP contribution in [0.25, 0.3) is 6.08 Å². The summed E-state index contributed by atoms with van der Waals surface area (Å²) in [5.74, 6) is 1.39. The predicted octanol–water partition coefficient (Wildman–Crippen LogP) is 4.31. The zero-order chi connectivity index (χ0) is 18.1. The van der Waals surface area contributed by atoms with Gasteiger partial charge in [0.15, 0.2) is 0 Å². The van der Waals surface area contributed by atoms with Crippen LogP contribution in [0.4, 0.5) is 5.69 Å². The zero-order valence-electron chi connectivity index (χ0n) is 13.4.